The van der Waals surface area contributed by atoms with E-state index in [-0.39, 0.29) is 5.97 Å². The molecule has 76 valence electrons. The number of rotatable bonds is 3. The lowest BCUT2D eigenvalue weighted by Crippen LogP contribution is -2.07. The summed E-state index contributed by atoms with van der Waals surface area (Å²) >= 11 is 4.32. The fourth-order valence-corrected chi connectivity index (χ4v) is 1.97. The lowest BCUT2D eigenvalue weighted by atomic mass is 10.2. The number of ether oxygens (including phenoxy) is 1. The summed E-state index contributed by atoms with van der Waals surface area (Å²) in [7, 11) is 0. The smallest absolute Gasteiger partial charge is 0.339 e. The lowest BCUT2D eigenvalue weighted by Gasteiger charge is -2.05. The van der Waals surface area contributed by atoms with Crippen molar-refractivity contribution in [3.05, 3.63) is 30.9 Å². The second-order valence-electron chi connectivity index (χ2n) is 2.76. The van der Waals surface area contributed by atoms with Gasteiger partial charge in [0.05, 0.1) is 12.2 Å². The molecule has 14 heavy (non-hydrogen) atoms. The molecule has 0 bridgehead atoms. The highest BCUT2D eigenvalue weighted by Gasteiger charge is 2.10. The van der Waals surface area contributed by atoms with E-state index in [1.54, 1.807) is 0 Å². The van der Waals surface area contributed by atoms with E-state index in [0.717, 1.165) is 13.6 Å². The van der Waals surface area contributed by atoms with Gasteiger partial charge in [-0.1, -0.05) is 6.92 Å². The first-order valence-electron chi connectivity index (χ1n) is 4.27. The van der Waals surface area contributed by atoms with Gasteiger partial charge in [0.1, 0.15) is 0 Å². The third kappa shape index (κ3) is 3.38. The highest BCUT2D eigenvalue weighted by Crippen LogP contribution is 2.16. The molecular formula is C10H10I2O2. The SMILES string of the molecule is CCCOC(=O)c1cc(I)ccc1I. The maximum absolute atomic E-state index is 11.5. The molecule has 2 nitrogen and oxygen atoms in total. The third-order valence-electron chi connectivity index (χ3n) is 1.59. The van der Waals surface area contributed by atoms with Crippen LogP contribution in [0, 0.1) is 7.14 Å². The first-order chi connectivity index (χ1) is 6.65. The molecule has 0 aromatic heterocycles. The van der Waals surface area contributed by atoms with Gasteiger partial charge in [-0.2, -0.15) is 0 Å². The van der Waals surface area contributed by atoms with Gasteiger partial charge >= 0.3 is 5.97 Å². The van der Waals surface area contributed by atoms with Crippen LogP contribution in [0.15, 0.2) is 18.2 Å². The van der Waals surface area contributed by atoms with Crippen LogP contribution in [-0.2, 0) is 4.74 Å². The molecule has 0 unspecified atom stereocenters. The fraction of sp³-hybridized carbons (Fsp3) is 0.300. The van der Waals surface area contributed by atoms with Gasteiger partial charge < -0.3 is 4.74 Å². The Morgan fingerprint density at radius 3 is 2.79 bits per heavy atom. The molecule has 0 saturated heterocycles. The highest BCUT2D eigenvalue weighted by molar-refractivity contribution is 14.1. The van der Waals surface area contributed by atoms with Crippen molar-refractivity contribution < 1.29 is 9.53 Å². The van der Waals surface area contributed by atoms with Crippen LogP contribution in [0.1, 0.15) is 23.7 Å². The summed E-state index contributed by atoms with van der Waals surface area (Å²) in [6.07, 6.45) is 0.853. The standard InChI is InChI=1S/C10H10I2O2/c1-2-5-14-10(13)8-6-7(11)3-4-9(8)12/h3-4,6H,2,5H2,1H3. The van der Waals surface area contributed by atoms with E-state index in [9.17, 15) is 4.79 Å². The second kappa shape index (κ2) is 5.89. The topological polar surface area (TPSA) is 26.3 Å². The zero-order valence-corrected chi connectivity index (χ0v) is 12.0. The predicted molar refractivity (Wildman–Crippen MR) is 72.4 cm³/mol. The van der Waals surface area contributed by atoms with Crippen molar-refractivity contribution in [2.45, 2.75) is 13.3 Å². The monoisotopic (exact) mass is 416 g/mol. The molecule has 0 heterocycles. The molecule has 0 saturated carbocycles. The molecule has 0 aliphatic rings. The van der Waals surface area contributed by atoms with Gasteiger partial charge in [0.15, 0.2) is 0 Å². The summed E-state index contributed by atoms with van der Waals surface area (Å²) in [6, 6.07) is 5.74. The Hall–Kier alpha value is 0.150. The van der Waals surface area contributed by atoms with Gasteiger partial charge in [0.2, 0.25) is 0 Å². The number of hydrogen-bond donors (Lipinski definition) is 0. The van der Waals surface area contributed by atoms with Gasteiger partial charge in [0.25, 0.3) is 0 Å². The second-order valence-corrected chi connectivity index (χ2v) is 5.17. The van der Waals surface area contributed by atoms with Crippen molar-refractivity contribution in [2.24, 2.45) is 0 Å². The fourth-order valence-electron chi connectivity index (χ4n) is 0.926. The van der Waals surface area contributed by atoms with E-state index in [2.05, 4.69) is 45.2 Å². The van der Waals surface area contributed by atoms with E-state index in [1.807, 2.05) is 25.1 Å². The van der Waals surface area contributed by atoms with Crippen LogP contribution in [0.4, 0.5) is 0 Å². The summed E-state index contributed by atoms with van der Waals surface area (Å²) in [5, 5.41) is 0. The molecule has 0 spiro atoms. The zero-order chi connectivity index (χ0) is 10.6. The quantitative estimate of drug-likeness (QED) is 0.558. The van der Waals surface area contributed by atoms with Crippen LogP contribution in [0.2, 0.25) is 0 Å². The van der Waals surface area contributed by atoms with Gasteiger partial charge in [0, 0.05) is 7.14 Å². The first-order valence-corrected chi connectivity index (χ1v) is 6.43. The van der Waals surface area contributed by atoms with E-state index in [4.69, 9.17) is 4.74 Å². The summed E-state index contributed by atoms with van der Waals surface area (Å²) in [5.41, 5.74) is 0.658. The normalized spacial score (nSPS) is 9.93. The molecule has 0 fully saturated rings. The molecule has 0 aliphatic heterocycles. The van der Waals surface area contributed by atoms with E-state index >= 15 is 0 Å². The number of benzene rings is 1. The zero-order valence-electron chi connectivity index (χ0n) is 7.72. The summed E-state index contributed by atoms with van der Waals surface area (Å²) < 4.78 is 7.05. The van der Waals surface area contributed by atoms with Crippen molar-refractivity contribution in [3.63, 3.8) is 0 Å². The molecule has 0 atom stereocenters. The summed E-state index contributed by atoms with van der Waals surface area (Å²) in [6.45, 7) is 2.47. The number of esters is 1. The van der Waals surface area contributed by atoms with Gasteiger partial charge in [-0.15, -0.1) is 0 Å². The predicted octanol–water partition coefficient (Wildman–Crippen LogP) is 3.46. The Morgan fingerprint density at radius 2 is 2.14 bits per heavy atom. The van der Waals surface area contributed by atoms with Crippen LogP contribution in [0.25, 0.3) is 0 Å². The lowest BCUT2D eigenvalue weighted by molar-refractivity contribution is 0.0504. The van der Waals surface area contributed by atoms with Crippen molar-refractivity contribution in [1.82, 2.24) is 0 Å². The van der Waals surface area contributed by atoms with Crippen LogP contribution in [0.3, 0.4) is 0 Å². The van der Waals surface area contributed by atoms with Gasteiger partial charge in [-0.05, 0) is 69.8 Å². The molecule has 0 N–H and O–H groups in total. The number of carbonyl (C=O) groups excluding carboxylic acids is 1. The maximum atomic E-state index is 11.5. The van der Waals surface area contributed by atoms with Crippen molar-refractivity contribution in [3.8, 4) is 0 Å². The Morgan fingerprint density at radius 1 is 1.43 bits per heavy atom. The molecule has 1 rings (SSSR count). The minimum Gasteiger partial charge on any atom is -0.462 e. The average Bonchev–Trinajstić information content (AvgIpc) is 2.18. The molecule has 1 aromatic rings. The molecule has 4 heteroatoms. The highest BCUT2D eigenvalue weighted by atomic mass is 127. The average molecular weight is 416 g/mol. The minimum atomic E-state index is -0.227. The van der Waals surface area contributed by atoms with E-state index in [1.165, 1.54) is 0 Å². The van der Waals surface area contributed by atoms with Crippen molar-refractivity contribution >= 4 is 51.2 Å². The third-order valence-corrected chi connectivity index (χ3v) is 3.20. The van der Waals surface area contributed by atoms with Crippen LogP contribution < -0.4 is 0 Å². The van der Waals surface area contributed by atoms with Gasteiger partial charge in [-0.3, -0.25) is 0 Å². The van der Waals surface area contributed by atoms with Crippen molar-refractivity contribution in [2.75, 3.05) is 6.61 Å². The largest absolute Gasteiger partial charge is 0.462 e. The first kappa shape index (κ1) is 12.2. The van der Waals surface area contributed by atoms with E-state index < -0.39 is 0 Å². The number of carbonyl (C=O) groups is 1. The Bertz CT molecular complexity index is 337. The molecule has 0 radical (unpaired) electrons. The maximum Gasteiger partial charge on any atom is 0.339 e. The van der Waals surface area contributed by atoms with Gasteiger partial charge in [-0.25, -0.2) is 4.79 Å². The van der Waals surface area contributed by atoms with Crippen LogP contribution in [0.5, 0.6) is 0 Å². The molecule has 0 aliphatic carbocycles. The Kier molecular flexibility index (Phi) is 5.14. The molecule has 1 aromatic carbocycles. The Balaban J connectivity index is 2.83. The molecule has 0 amide bonds. The minimum absolute atomic E-state index is 0.227. The molecular weight excluding hydrogens is 406 g/mol. The van der Waals surface area contributed by atoms with E-state index in [0.29, 0.717) is 12.2 Å². The number of hydrogen-bond acceptors (Lipinski definition) is 2. The van der Waals surface area contributed by atoms with Crippen LogP contribution in [-0.4, -0.2) is 12.6 Å². The van der Waals surface area contributed by atoms with Crippen LogP contribution >= 0.6 is 45.2 Å². The van der Waals surface area contributed by atoms with Crippen molar-refractivity contribution in [1.29, 1.82) is 0 Å². The Labute approximate surface area is 111 Å². The number of halogens is 2. The summed E-state index contributed by atoms with van der Waals surface area (Å²) in [4.78, 5) is 11.5. The summed E-state index contributed by atoms with van der Waals surface area (Å²) in [5.74, 6) is -0.227.